The summed E-state index contributed by atoms with van der Waals surface area (Å²) in [6, 6.07) is 0.205. The van der Waals surface area contributed by atoms with Crippen molar-refractivity contribution in [2.45, 2.75) is 49.8 Å². The van der Waals surface area contributed by atoms with Gasteiger partial charge in [-0.2, -0.15) is 0 Å². The number of amides is 2. The molecule has 6 N–H and O–H groups in total. The predicted octanol–water partition coefficient (Wildman–Crippen LogP) is -2.69. The second-order valence-corrected chi connectivity index (χ2v) is 10.9. The molecule has 11 nitrogen and oxygen atoms in total. The molecular weight excluding hydrogens is 453 g/mol. The quantitative estimate of drug-likeness (QED) is 0.284. The summed E-state index contributed by atoms with van der Waals surface area (Å²) in [6.45, 7) is 7.39. The minimum absolute atomic E-state index is 0.0279. The van der Waals surface area contributed by atoms with Gasteiger partial charge in [0, 0.05) is 57.8 Å². The smallest absolute Gasteiger partial charge is 0.229 e. The predicted molar refractivity (Wildman–Crippen MR) is 130 cm³/mol. The molecule has 0 aromatic rings. The van der Waals surface area contributed by atoms with E-state index in [1.165, 1.54) is 0 Å². The van der Waals surface area contributed by atoms with Gasteiger partial charge in [0.1, 0.15) is 6.17 Å². The van der Waals surface area contributed by atoms with Gasteiger partial charge in [0.15, 0.2) is 0 Å². The fraction of sp³-hybridized carbons (Fsp3) is 0.913. The van der Waals surface area contributed by atoms with Gasteiger partial charge in [-0.15, -0.1) is 0 Å². The van der Waals surface area contributed by atoms with E-state index in [-0.39, 0.29) is 43.2 Å². The highest BCUT2D eigenvalue weighted by Crippen LogP contribution is 2.26. The number of hydrogen-bond donors (Lipinski definition) is 5. The van der Waals surface area contributed by atoms with Crippen LogP contribution in [0.15, 0.2) is 0 Å². The molecule has 5 saturated heterocycles. The van der Waals surface area contributed by atoms with Gasteiger partial charge in [0.05, 0.1) is 24.3 Å². The standard InChI is InChI=1S/C23H42FN9O2/c1-30-8-10-32(11-9-30)23(35)15-3-6-31(7-4-15)18-2-5-26-13-17(18)28-22(34)19-20(25)29-33-14-16(24)12-27-21(19)33/h15-21,26-27,29H,2-14,25H2,1H3,(H,28,34). The molecule has 5 heterocycles. The van der Waals surface area contributed by atoms with Crippen molar-refractivity contribution in [1.29, 1.82) is 0 Å². The number of carbonyl (C=O) groups excluding carboxylic acids is 2. The Labute approximate surface area is 207 Å². The molecule has 0 spiro atoms. The number of halogens is 1. The number of hydrogen-bond acceptors (Lipinski definition) is 9. The van der Waals surface area contributed by atoms with Crippen molar-refractivity contribution < 1.29 is 14.0 Å². The molecule has 2 amide bonds. The van der Waals surface area contributed by atoms with Gasteiger partial charge in [-0.25, -0.2) is 14.8 Å². The number of hydrazine groups is 1. The molecular formula is C23H42FN9O2. The van der Waals surface area contributed by atoms with Crippen LogP contribution in [-0.4, -0.2) is 135 Å². The van der Waals surface area contributed by atoms with Gasteiger partial charge in [-0.05, 0) is 45.9 Å². The first kappa shape index (κ1) is 25.2. The van der Waals surface area contributed by atoms with Crippen LogP contribution in [0.4, 0.5) is 4.39 Å². The fourth-order valence-corrected chi connectivity index (χ4v) is 6.45. The summed E-state index contributed by atoms with van der Waals surface area (Å²) in [6.07, 6.45) is 0.865. The number of piperazine rings is 1. The Morgan fingerprint density at radius 3 is 2.51 bits per heavy atom. The Balaban J connectivity index is 1.15. The molecule has 5 rings (SSSR count). The van der Waals surface area contributed by atoms with Crippen molar-refractivity contribution in [2.75, 3.05) is 72.5 Å². The van der Waals surface area contributed by atoms with Crippen molar-refractivity contribution in [3.63, 3.8) is 0 Å². The molecule has 6 unspecified atom stereocenters. The van der Waals surface area contributed by atoms with Crippen LogP contribution >= 0.6 is 0 Å². The Kier molecular flexibility index (Phi) is 7.87. The molecule has 5 aliphatic heterocycles. The molecule has 0 aromatic heterocycles. The monoisotopic (exact) mass is 495 g/mol. The maximum absolute atomic E-state index is 13.8. The number of fused-ring (bicyclic) bond motifs is 1. The third kappa shape index (κ3) is 5.48. The summed E-state index contributed by atoms with van der Waals surface area (Å²) in [5.74, 6) is -0.163. The first-order valence-corrected chi connectivity index (χ1v) is 13.3. The lowest BCUT2D eigenvalue weighted by atomic mass is 9.90. The first-order chi connectivity index (χ1) is 16.9. The summed E-state index contributed by atoms with van der Waals surface area (Å²) >= 11 is 0. The van der Waals surface area contributed by atoms with Crippen molar-refractivity contribution in [2.24, 2.45) is 17.6 Å². The topological polar surface area (TPSA) is 121 Å². The van der Waals surface area contributed by atoms with E-state index in [4.69, 9.17) is 5.73 Å². The van der Waals surface area contributed by atoms with Crippen LogP contribution in [0.3, 0.4) is 0 Å². The van der Waals surface area contributed by atoms with E-state index in [1.54, 1.807) is 5.01 Å². The van der Waals surface area contributed by atoms with Crippen molar-refractivity contribution >= 4 is 11.8 Å². The lowest BCUT2D eigenvalue weighted by Gasteiger charge is -2.44. The van der Waals surface area contributed by atoms with E-state index in [0.29, 0.717) is 12.5 Å². The Morgan fingerprint density at radius 2 is 1.77 bits per heavy atom. The van der Waals surface area contributed by atoms with Gasteiger partial charge in [-0.1, -0.05) is 0 Å². The largest absolute Gasteiger partial charge is 0.350 e. The molecule has 5 aliphatic rings. The molecule has 198 valence electrons. The lowest BCUT2D eigenvalue weighted by molar-refractivity contribution is -0.139. The van der Waals surface area contributed by atoms with Gasteiger partial charge < -0.3 is 26.2 Å². The second-order valence-electron chi connectivity index (χ2n) is 10.9. The van der Waals surface area contributed by atoms with Crippen molar-refractivity contribution in [3.8, 4) is 0 Å². The zero-order valence-corrected chi connectivity index (χ0v) is 20.8. The third-order valence-electron chi connectivity index (χ3n) is 8.56. The summed E-state index contributed by atoms with van der Waals surface area (Å²) in [5, 5.41) is 11.5. The molecule has 0 aliphatic carbocycles. The number of carbonyl (C=O) groups is 2. The van der Waals surface area contributed by atoms with E-state index in [1.807, 2.05) is 4.90 Å². The number of piperidine rings is 2. The van der Waals surface area contributed by atoms with Gasteiger partial charge >= 0.3 is 0 Å². The number of likely N-dealkylation sites (tertiary alicyclic amines) is 1. The SMILES string of the molecule is CN1CCN(C(=O)C2CCN(C3CCNCC3NC(=O)C3C(N)NN4CC(F)CNC34)CC2)CC1. The van der Waals surface area contributed by atoms with E-state index < -0.39 is 18.3 Å². The highest BCUT2D eigenvalue weighted by molar-refractivity contribution is 5.81. The van der Waals surface area contributed by atoms with E-state index in [9.17, 15) is 14.0 Å². The van der Waals surface area contributed by atoms with Crippen LogP contribution in [0.1, 0.15) is 19.3 Å². The molecule has 6 atom stereocenters. The summed E-state index contributed by atoms with van der Waals surface area (Å²) in [7, 11) is 2.10. The van der Waals surface area contributed by atoms with Crippen molar-refractivity contribution in [1.82, 2.24) is 41.1 Å². The van der Waals surface area contributed by atoms with Crippen LogP contribution in [0.2, 0.25) is 0 Å². The molecule has 0 radical (unpaired) electrons. The summed E-state index contributed by atoms with van der Waals surface area (Å²) in [4.78, 5) is 33.1. The summed E-state index contributed by atoms with van der Waals surface area (Å²) < 4.78 is 13.8. The molecule has 0 aromatic carbocycles. The number of likely N-dealkylation sites (N-methyl/N-ethyl adjacent to an activating group) is 1. The van der Waals surface area contributed by atoms with Crippen LogP contribution in [-0.2, 0) is 9.59 Å². The van der Waals surface area contributed by atoms with Crippen LogP contribution in [0, 0.1) is 11.8 Å². The molecule has 0 saturated carbocycles. The van der Waals surface area contributed by atoms with Gasteiger partial charge in [0.25, 0.3) is 0 Å². The average Bonchev–Trinajstić information content (AvgIpc) is 3.19. The van der Waals surface area contributed by atoms with Crippen LogP contribution in [0.5, 0.6) is 0 Å². The highest BCUT2D eigenvalue weighted by Gasteiger charge is 2.48. The van der Waals surface area contributed by atoms with Gasteiger partial charge in [-0.3, -0.25) is 19.8 Å². The Morgan fingerprint density at radius 1 is 1.03 bits per heavy atom. The first-order valence-electron chi connectivity index (χ1n) is 13.3. The molecule has 0 bridgehead atoms. The van der Waals surface area contributed by atoms with Crippen molar-refractivity contribution in [3.05, 3.63) is 0 Å². The maximum Gasteiger partial charge on any atom is 0.229 e. The number of nitrogens with zero attached hydrogens (tertiary/aromatic N) is 4. The Bertz CT molecular complexity index is 759. The number of rotatable bonds is 4. The van der Waals surface area contributed by atoms with E-state index in [0.717, 1.165) is 65.1 Å². The Hall–Kier alpha value is -1.41. The zero-order chi connectivity index (χ0) is 24.5. The number of nitrogens with two attached hydrogens (primary N) is 1. The number of alkyl halides is 1. The minimum atomic E-state index is -0.981. The average molecular weight is 496 g/mol. The number of nitrogens with one attached hydrogen (secondary N) is 4. The highest BCUT2D eigenvalue weighted by atomic mass is 19.1. The third-order valence-corrected chi connectivity index (χ3v) is 8.56. The van der Waals surface area contributed by atoms with Crippen LogP contribution < -0.4 is 27.1 Å². The lowest BCUT2D eigenvalue weighted by Crippen LogP contribution is -2.64. The molecule has 12 heteroatoms. The normalized spacial score (nSPS) is 38.3. The zero-order valence-electron chi connectivity index (χ0n) is 20.8. The molecule has 35 heavy (non-hydrogen) atoms. The maximum atomic E-state index is 13.8. The second kappa shape index (κ2) is 10.9. The van der Waals surface area contributed by atoms with E-state index in [2.05, 4.69) is 38.2 Å². The van der Waals surface area contributed by atoms with Gasteiger partial charge in [0.2, 0.25) is 11.8 Å². The summed E-state index contributed by atoms with van der Waals surface area (Å²) in [5.41, 5.74) is 9.30. The van der Waals surface area contributed by atoms with E-state index >= 15 is 0 Å². The van der Waals surface area contributed by atoms with Crippen LogP contribution in [0.25, 0.3) is 0 Å². The minimum Gasteiger partial charge on any atom is -0.350 e. The fourth-order valence-electron chi connectivity index (χ4n) is 6.45. The molecule has 5 fully saturated rings.